The highest BCUT2D eigenvalue weighted by Crippen LogP contribution is 2.30. The maximum atomic E-state index is 5.76. The van der Waals surface area contributed by atoms with Gasteiger partial charge in [0.05, 0.1) is 19.1 Å². The first kappa shape index (κ1) is 13.1. The van der Waals surface area contributed by atoms with Gasteiger partial charge in [-0.05, 0) is 18.1 Å². The van der Waals surface area contributed by atoms with Crippen LogP contribution in [0.1, 0.15) is 37.0 Å². The van der Waals surface area contributed by atoms with Crippen LogP contribution in [0.15, 0.2) is 28.8 Å². The van der Waals surface area contributed by atoms with Crippen LogP contribution >= 0.6 is 0 Å². The normalized spacial score (nSPS) is 17.9. The molecule has 3 rings (SSSR count). The Hall–Kier alpha value is -1.88. The number of nitrogens with zero attached hydrogens (tertiary/aromatic N) is 2. The van der Waals surface area contributed by atoms with E-state index in [1.165, 1.54) is 5.56 Å². The highest BCUT2D eigenvalue weighted by atomic mass is 16.5. The number of hydrogen-bond acceptors (Lipinski definition) is 5. The van der Waals surface area contributed by atoms with E-state index in [9.17, 15) is 0 Å². The number of para-hydroxylation sites is 1. The molecule has 1 aromatic carbocycles. The van der Waals surface area contributed by atoms with Crippen molar-refractivity contribution < 1.29 is 9.26 Å². The third kappa shape index (κ3) is 2.82. The van der Waals surface area contributed by atoms with Crippen molar-refractivity contribution in [1.29, 1.82) is 0 Å². The standard InChI is InChI=1S/C15H19N3O2/c1-10(2)16-8-14-17-15(18-20-14)12-7-11-5-3-4-6-13(11)19-9-12/h3-6,10,12,16H,7-9H2,1-2H3. The molecule has 2 heterocycles. The molecule has 5 heteroatoms. The maximum Gasteiger partial charge on any atom is 0.240 e. The summed E-state index contributed by atoms with van der Waals surface area (Å²) in [5.74, 6) is 2.50. The van der Waals surface area contributed by atoms with Gasteiger partial charge in [0.1, 0.15) is 5.75 Å². The lowest BCUT2D eigenvalue weighted by Gasteiger charge is -2.22. The van der Waals surface area contributed by atoms with Crippen molar-refractivity contribution in [3.8, 4) is 5.75 Å². The zero-order chi connectivity index (χ0) is 13.9. The van der Waals surface area contributed by atoms with Gasteiger partial charge in [0.2, 0.25) is 5.89 Å². The minimum absolute atomic E-state index is 0.168. The second kappa shape index (κ2) is 5.63. The Morgan fingerprint density at radius 3 is 3.05 bits per heavy atom. The number of rotatable bonds is 4. The molecule has 20 heavy (non-hydrogen) atoms. The summed E-state index contributed by atoms with van der Waals surface area (Å²) in [6.07, 6.45) is 0.896. The molecule has 0 spiro atoms. The molecule has 1 atom stereocenters. The highest BCUT2D eigenvalue weighted by Gasteiger charge is 2.25. The van der Waals surface area contributed by atoms with Crippen LogP contribution in [0.4, 0.5) is 0 Å². The molecule has 0 radical (unpaired) electrons. The van der Waals surface area contributed by atoms with Crippen LogP contribution in [-0.4, -0.2) is 22.8 Å². The molecule has 1 aliphatic heterocycles. The van der Waals surface area contributed by atoms with Crippen LogP contribution in [0.3, 0.4) is 0 Å². The Labute approximate surface area is 118 Å². The molecule has 106 valence electrons. The number of hydrogen-bond donors (Lipinski definition) is 1. The van der Waals surface area contributed by atoms with Gasteiger partial charge in [-0.2, -0.15) is 4.98 Å². The summed E-state index contributed by atoms with van der Waals surface area (Å²) < 4.78 is 11.0. The molecule has 1 N–H and O–H groups in total. The Bertz CT molecular complexity index is 580. The lowest BCUT2D eigenvalue weighted by Crippen LogP contribution is -2.22. The highest BCUT2D eigenvalue weighted by molar-refractivity contribution is 5.36. The summed E-state index contributed by atoms with van der Waals surface area (Å²) in [5.41, 5.74) is 1.20. The molecule has 0 fully saturated rings. The SMILES string of the molecule is CC(C)NCc1nc(C2COc3ccccc3C2)no1. The van der Waals surface area contributed by atoms with E-state index >= 15 is 0 Å². The molecule has 0 amide bonds. The summed E-state index contributed by atoms with van der Waals surface area (Å²) in [5, 5.41) is 7.35. The summed E-state index contributed by atoms with van der Waals surface area (Å²) >= 11 is 0. The average Bonchev–Trinajstić information content (AvgIpc) is 2.93. The van der Waals surface area contributed by atoms with Gasteiger partial charge in [0.15, 0.2) is 5.82 Å². The molecule has 1 aliphatic rings. The molecule has 1 unspecified atom stereocenters. The largest absolute Gasteiger partial charge is 0.493 e. The first-order valence-electron chi connectivity index (χ1n) is 6.99. The van der Waals surface area contributed by atoms with E-state index < -0.39 is 0 Å². The van der Waals surface area contributed by atoms with Gasteiger partial charge in [-0.3, -0.25) is 0 Å². The Morgan fingerprint density at radius 2 is 2.20 bits per heavy atom. The minimum Gasteiger partial charge on any atom is -0.493 e. The lowest BCUT2D eigenvalue weighted by atomic mass is 9.96. The van der Waals surface area contributed by atoms with Crippen LogP contribution < -0.4 is 10.1 Å². The first-order chi connectivity index (χ1) is 9.72. The molecular formula is C15H19N3O2. The molecule has 1 aromatic heterocycles. The van der Waals surface area contributed by atoms with Gasteiger partial charge in [-0.1, -0.05) is 37.2 Å². The topological polar surface area (TPSA) is 60.2 Å². The quantitative estimate of drug-likeness (QED) is 0.926. The van der Waals surface area contributed by atoms with Crippen molar-refractivity contribution in [2.24, 2.45) is 0 Å². The number of aromatic nitrogens is 2. The third-order valence-corrected chi connectivity index (χ3v) is 3.39. The number of nitrogens with one attached hydrogen (secondary N) is 1. The van der Waals surface area contributed by atoms with Gasteiger partial charge in [0.25, 0.3) is 0 Å². The van der Waals surface area contributed by atoms with Gasteiger partial charge in [-0.15, -0.1) is 0 Å². The smallest absolute Gasteiger partial charge is 0.240 e. The molecular weight excluding hydrogens is 254 g/mol. The molecule has 0 saturated carbocycles. The lowest BCUT2D eigenvalue weighted by molar-refractivity contribution is 0.253. The molecule has 2 aromatic rings. The van der Waals surface area contributed by atoms with Crippen molar-refractivity contribution in [3.05, 3.63) is 41.5 Å². The monoisotopic (exact) mass is 273 g/mol. The van der Waals surface area contributed by atoms with Crippen molar-refractivity contribution in [3.63, 3.8) is 0 Å². The summed E-state index contributed by atoms with van der Waals surface area (Å²) in [7, 11) is 0. The van der Waals surface area contributed by atoms with Gasteiger partial charge in [0, 0.05) is 6.04 Å². The fraction of sp³-hybridized carbons (Fsp3) is 0.467. The van der Waals surface area contributed by atoms with Gasteiger partial charge in [-0.25, -0.2) is 0 Å². The van der Waals surface area contributed by atoms with Crippen LogP contribution in [0.25, 0.3) is 0 Å². The first-order valence-corrected chi connectivity index (χ1v) is 6.99. The van der Waals surface area contributed by atoms with E-state index in [0.717, 1.165) is 18.0 Å². The van der Waals surface area contributed by atoms with Crippen LogP contribution in [-0.2, 0) is 13.0 Å². The zero-order valence-electron chi connectivity index (χ0n) is 11.8. The second-order valence-electron chi connectivity index (χ2n) is 5.40. The van der Waals surface area contributed by atoms with E-state index in [4.69, 9.17) is 9.26 Å². The van der Waals surface area contributed by atoms with Crippen LogP contribution in [0.2, 0.25) is 0 Å². The minimum atomic E-state index is 0.168. The van der Waals surface area contributed by atoms with Gasteiger partial charge < -0.3 is 14.6 Å². The van der Waals surface area contributed by atoms with Crippen molar-refractivity contribution in [1.82, 2.24) is 15.5 Å². The van der Waals surface area contributed by atoms with E-state index in [0.29, 0.717) is 25.1 Å². The summed E-state index contributed by atoms with van der Waals surface area (Å²) in [6.45, 7) is 5.38. The molecule has 0 saturated heterocycles. The zero-order valence-corrected chi connectivity index (χ0v) is 11.8. The predicted octanol–water partition coefficient (Wildman–Crippen LogP) is 2.29. The van der Waals surface area contributed by atoms with Crippen LogP contribution in [0.5, 0.6) is 5.75 Å². The average molecular weight is 273 g/mol. The second-order valence-corrected chi connectivity index (χ2v) is 5.40. The van der Waals surface area contributed by atoms with Crippen molar-refractivity contribution >= 4 is 0 Å². The molecule has 0 bridgehead atoms. The predicted molar refractivity (Wildman–Crippen MR) is 74.7 cm³/mol. The third-order valence-electron chi connectivity index (χ3n) is 3.39. The number of ether oxygens (including phenoxy) is 1. The van der Waals surface area contributed by atoms with Crippen molar-refractivity contribution in [2.45, 2.75) is 38.8 Å². The molecule has 5 nitrogen and oxygen atoms in total. The van der Waals surface area contributed by atoms with Crippen LogP contribution in [0, 0.1) is 0 Å². The van der Waals surface area contributed by atoms with E-state index in [1.54, 1.807) is 0 Å². The van der Waals surface area contributed by atoms with Crippen molar-refractivity contribution in [2.75, 3.05) is 6.61 Å². The number of benzene rings is 1. The summed E-state index contributed by atoms with van der Waals surface area (Å²) in [4.78, 5) is 4.46. The maximum absolute atomic E-state index is 5.76. The summed E-state index contributed by atoms with van der Waals surface area (Å²) in [6, 6.07) is 8.50. The Balaban J connectivity index is 1.69. The molecule has 0 aliphatic carbocycles. The number of fused-ring (bicyclic) bond motifs is 1. The van der Waals surface area contributed by atoms with E-state index in [1.807, 2.05) is 18.2 Å². The fourth-order valence-corrected chi connectivity index (χ4v) is 2.29. The van der Waals surface area contributed by atoms with Gasteiger partial charge >= 0.3 is 0 Å². The van der Waals surface area contributed by atoms with E-state index in [2.05, 4.69) is 35.4 Å². The Kier molecular flexibility index (Phi) is 3.69. The Morgan fingerprint density at radius 1 is 1.35 bits per heavy atom. The van der Waals surface area contributed by atoms with E-state index in [-0.39, 0.29) is 5.92 Å². The fourth-order valence-electron chi connectivity index (χ4n) is 2.29.